The molecule has 0 aliphatic carbocycles. The van der Waals surface area contributed by atoms with Gasteiger partial charge in [0.2, 0.25) is 0 Å². The molecular formula is C18H28N2O3. The highest BCUT2D eigenvalue weighted by atomic mass is 16.5. The summed E-state index contributed by atoms with van der Waals surface area (Å²) in [6.45, 7) is 5.67. The lowest BCUT2D eigenvalue weighted by Gasteiger charge is -2.18. The van der Waals surface area contributed by atoms with Crippen molar-refractivity contribution in [1.29, 1.82) is 0 Å². The van der Waals surface area contributed by atoms with E-state index in [1.165, 1.54) is 0 Å². The fourth-order valence-electron chi connectivity index (χ4n) is 2.23. The molecule has 1 aromatic rings. The van der Waals surface area contributed by atoms with Gasteiger partial charge in [-0.05, 0) is 47.5 Å². The normalized spacial score (nSPS) is 12.2. The van der Waals surface area contributed by atoms with Gasteiger partial charge in [-0.25, -0.2) is 0 Å². The van der Waals surface area contributed by atoms with Gasteiger partial charge in [-0.3, -0.25) is 9.59 Å². The molecule has 1 aromatic carbocycles. The Morgan fingerprint density at radius 2 is 1.87 bits per heavy atom. The number of nitrogens with one attached hydrogen (secondary N) is 1. The molecule has 5 nitrogen and oxygen atoms in total. The van der Waals surface area contributed by atoms with Gasteiger partial charge in [0, 0.05) is 5.56 Å². The van der Waals surface area contributed by atoms with Crippen LogP contribution in [-0.4, -0.2) is 56.5 Å². The number of ketones is 1. The third-order valence-electron chi connectivity index (χ3n) is 3.50. The number of nitrogens with zero attached hydrogens (tertiary/aromatic N) is 1. The second-order valence-electron chi connectivity index (χ2n) is 5.90. The molecule has 0 aromatic heterocycles. The number of carbonyl (C=O) groups excluding carboxylic acids is 2. The maximum Gasteiger partial charge on any atom is 0.307 e. The topological polar surface area (TPSA) is 58.6 Å². The zero-order valence-electron chi connectivity index (χ0n) is 14.6. The fraction of sp³-hybridized carbons (Fsp3) is 0.556. The average molecular weight is 320 g/mol. The minimum Gasteiger partial charge on any atom is -0.466 e. The molecule has 23 heavy (non-hydrogen) atoms. The lowest BCUT2D eigenvalue weighted by atomic mass is 10.0. The highest BCUT2D eigenvalue weighted by Gasteiger charge is 2.23. The van der Waals surface area contributed by atoms with Gasteiger partial charge in [0.05, 0.1) is 19.1 Å². The zero-order chi connectivity index (χ0) is 17.2. The predicted octanol–water partition coefficient (Wildman–Crippen LogP) is 2.04. The van der Waals surface area contributed by atoms with Crippen LogP contribution in [-0.2, 0) is 9.53 Å². The van der Waals surface area contributed by atoms with Crippen LogP contribution in [0.25, 0.3) is 0 Å². The third kappa shape index (κ3) is 7.39. The summed E-state index contributed by atoms with van der Waals surface area (Å²) in [5.74, 6) is -0.416. The van der Waals surface area contributed by atoms with Gasteiger partial charge < -0.3 is 15.0 Å². The predicted molar refractivity (Wildman–Crippen MR) is 91.7 cm³/mol. The van der Waals surface area contributed by atoms with Gasteiger partial charge >= 0.3 is 5.97 Å². The van der Waals surface area contributed by atoms with E-state index in [4.69, 9.17) is 4.74 Å². The first kappa shape index (κ1) is 19.3. The maximum atomic E-state index is 12.6. The Morgan fingerprint density at radius 1 is 1.22 bits per heavy atom. The van der Waals surface area contributed by atoms with Crippen LogP contribution in [0.1, 0.15) is 35.7 Å². The van der Waals surface area contributed by atoms with Crippen LogP contribution in [0.5, 0.6) is 0 Å². The summed E-state index contributed by atoms with van der Waals surface area (Å²) in [5, 5.41) is 3.20. The highest BCUT2D eigenvalue weighted by molar-refractivity contribution is 6.01. The largest absolute Gasteiger partial charge is 0.466 e. The molecule has 1 rings (SSSR count). The smallest absolute Gasteiger partial charge is 0.307 e. The quantitative estimate of drug-likeness (QED) is 0.406. The molecule has 0 fully saturated rings. The molecule has 128 valence electrons. The highest BCUT2D eigenvalue weighted by Crippen LogP contribution is 2.09. The van der Waals surface area contributed by atoms with E-state index in [9.17, 15) is 9.59 Å². The number of rotatable bonds is 10. The van der Waals surface area contributed by atoms with Crippen LogP contribution >= 0.6 is 0 Å². The van der Waals surface area contributed by atoms with Crippen LogP contribution in [0.15, 0.2) is 24.3 Å². The molecule has 0 bridgehead atoms. The van der Waals surface area contributed by atoms with Crippen molar-refractivity contribution in [2.24, 2.45) is 0 Å². The van der Waals surface area contributed by atoms with E-state index >= 15 is 0 Å². The summed E-state index contributed by atoms with van der Waals surface area (Å²) in [6, 6.07) is 6.87. The first-order chi connectivity index (χ1) is 10.9. The lowest BCUT2D eigenvalue weighted by molar-refractivity contribution is -0.143. The van der Waals surface area contributed by atoms with Crippen molar-refractivity contribution in [3.8, 4) is 0 Å². The fourth-order valence-corrected chi connectivity index (χ4v) is 2.23. The van der Waals surface area contributed by atoms with Gasteiger partial charge in [-0.15, -0.1) is 0 Å². The van der Waals surface area contributed by atoms with E-state index in [2.05, 4.69) is 10.2 Å². The van der Waals surface area contributed by atoms with E-state index in [-0.39, 0.29) is 18.2 Å². The van der Waals surface area contributed by atoms with Crippen LogP contribution in [0.3, 0.4) is 0 Å². The van der Waals surface area contributed by atoms with Gasteiger partial charge in [0.15, 0.2) is 5.78 Å². The number of esters is 1. The Hall–Kier alpha value is -1.72. The number of Topliss-reactive ketones (excluding diaryl/α,β-unsaturated/α-hetero) is 1. The molecule has 1 unspecified atom stereocenters. The molecule has 0 spiro atoms. The molecule has 1 N–H and O–H groups in total. The summed E-state index contributed by atoms with van der Waals surface area (Å²) in [5.41, 5.74) is 1.72. The molecular weight excluding hydrogens is 292 g/mol. The Balaban J connectivity index is 2.70. The number of benzene rings is 1. The minimum absolute atomic E-state index is 0.0580. The van der Waals surface area contributed by atoms with Crippen molar-refractivity contribution in [2.75, 3.05) is 33.8 Å². The van der Waals surface area contributed by atoms with Crippen LogP contribution in [0.4, 0.5) is 0 Å². The maximum absolute atomic E-state index is 12.6. The summed E-state index contributed by atoms with van der Waals surface area (Å²) in [7, 11) is 4.01. The molecule has 1 atom stereocenters. The van der Waals surface area contributed by atoms with E-state index in [0.29, 0.717) is 18.7 Å². The molecule has 0 radical (unpaired) electrons. The number of hydrogen-bond donors (Lipinski definition) is 1. The number of hydrogen-bond acceptors (Lipinski definition) is 5. The molecule has 0 aliphatic rings. The Morgan fingerprint density at radius 3 is 2.43 bits per heavy atom. The molecule has 0 heterocycles. The summed E-state index contributed by atoms with van der Waals surface area (Å²) >= 11 is 0. The zero-order valence-corrected chi connectivity index (χ0v) is 14.6. The van der Waals surface area contributed by atoms with Crippen molar-refractivity contribution in [3.05, 3.63) is 35.4 Å². The Bertz CT molecular complexity index is 497. The number of ether oxygens (including phenoxy) is 1. The standard InChI is InChI=1S/C18H28N2O3/c1-5-23-17(21)13-16(19-11-6-12-20(3)4)18(22)15-9-7-14(2)8-10-15/h7-10,16,19H,5-6,11-13H2,1-4H3. The lowest BCUT2D eigenvalue weighted by Crippen LogP contribution is -2.40. The van der Waals surface area contributed by atoms with Crippen LogP contribution < -0.4 is 5.32 Å². The van der Waals surface area contributed by atoms with Crippen LogP contribution in [0.2, 0.25) is 0 Å². The Kier molecular flexibility index (Phi) is 8.51. The monoisotopic (exact) mass is 320 g/mol. The van der Waals surface area contributed by atoms with Gasteiger partial charge in [-0.2, -0.15) is 0 Å². The first-order valence-corrected chi connectivity index (χ1v) is 8.08. The van der Waals surface area contributed by atoms with E-state index in [1.54, 1.807) is 19.1 Å². The van der Waals surface area contributed by atoms with Crippen molar-refractivity contribution < 1.29 is 14.3 Å². The number of carbonyl (C=O) groups is 2. The minimum atomic E-state index is -0.543. The second-order valence-corrected chi connectivity index (χ2v) is 5.90. The van der Waals surface area contributed by atoms with Gasteiger partial charge in [0.1, 0.15) is 0 Å². The second kappa shape index (κ2) is 10.1. The van der Waals surface area contributed by atoms with E-state index < -0.39 is 6.04 Å². The summed E-state index contributed by atoms with van der Waals surface area (Å²) in [4.78, 5) is 26.5. The molecule has 0 saturated heterocycles. The number of aryl methyl sites for hydroxylation is 1. The van der Waals surface area contributed by atoms with Crippen LogP contribution in [0, 0.1) is 6.92 Å². The summed E-state index contributed by atoms with van der Waals surface area (Å²) < 4.78 is 4.98. The van der Waals surface area contributed by atoms with Crippen molar-refractivity contribution in [3.63, 3.8) is 0 Å². The molecule has 0 aliphatic heterocycles. The SMILES string of the molecule is CCOC(=O)CC(NCCCN(C)C)C(=O)c1ccc(C)cc1. The first-order valence-electron chi connectivity index (χ1n) is 8.08. The van der Waals surface area contributed by atoms with Gasteiger partial charge in [0.25, 0.3) is 0 Å². The van der Waals surface area contributed by atoms with E-state index in [1.807, 2.05) is 33.2 Å². The van der Waals surface area contributed by atoms with E-state index in [0.717, 1.165) is 18.5 Å². The van der Waals surface area contributed by atoms with Crippen molar-refractivity contribution in [1.82, 2.24) is 10.2 Å². The molecule has 0 amide bonds. The third-order valence-corrected chi connectivity index (χ3v) is 3.50. The van der Waals surface area contributed by atoms with Crippen molar-refractivity contribution >= 4 is 11.8 Å². The molecule has 5 heteroatoms. The molecule has 0 saturated carbocycles. The van der Waals surface area contributed by atoms with Gasteiger partial charge in [-0.1, -0.05) is 29.8 Å². The Labute approximate surface area is 139 Å². The summed E-state index contributed by atoms with van der Waals surface area (Å²) in [6.07, 6.45) is 0.968. The van der Waals surface area contributed by atoms with Crippen molar-refractivity contribution in [2.45, 2.75) is 32.7 Å². The average Bonchev–Trinajstić information content (AvgIpc) is 2.50.